The van der Waals surface area contributed by atoms with Gasteiger partial charge in [0.2, 0.25) is 0 Å². The molecule has 100 valence electrons. The van der Waals surface area contributed by atoms with Crippen molar-refractivity contribution in [3.8, 4) is 0 Å². The molecule has 0 bridgehead atoms. The summed E-state index contributed by atoms with van der Waals surface area (Å²) in [7, 11) is 2.30. The first-order valence-electron chi connectivity index (χ1n) is 7.22. The molecule has 1 aliphatic carbocycles. The Kier molecular flexibility index (Phi) is 4.79. The van der Waals surface area contributed by atoms with Crippen molar-refractivity contribution in [1.29, 1.82) is 0 Å². The van der Waals surface area contributed by atoms with Crippen molar-refractivity contribution < 1.29 is 0 Å². The molecule has 0 radical (unpaired) electrons. The zero-order chi connectivity index (χ0) is 12.3. The van der Waals surface area contributed by atoms with Crippen LogP contribution in [0, 0.1) is 5.41 Å². The summed E-state index contributed by atoms with van der Waals surface area (Å²) in [6, 6.07) is 0.807. The summed E-state index contributed by atoms with van der Waals surface area (Å²) in [5, 5.41) is 0. The minimum absolute atomic E-state index is 0.549. The average Bonchev–Trinajstić information content (AvgIpc) is 2.70. The monoisotopic (exact) mass is 256 g/mol. The average molecular weight is 256 g/mol. The van der Waals surface area contributed by atoms with E-state index in [9.17, 15) is 0 Å². The van der Waals surface area contributed by atoms with Crippen LogP contribution in [-0.4, -0.2) is 54.8 Å². The van der Waals surface area contributed by atoms with Crippen molar-refractivity contribution in [3.05, 3.63) is 0 Å². The molecule has 0 amide bonds. The number of likely N-dealkylation sites (tertiary alicyclic amines) is 1. The van der Waals surface area contributed by atoms with E-state index >= 15 is 0 Å². The van der Waals surface area contributed by atoms with E-state index in [0.29, 0.717) is 5.41 Å². The lowest BCUT2D eigenvalue weighted by molar-refractivity contribution is 0.0889. The van der Waals surface area contributed by atoms with E-state index in [4.69, 9.17) is 0 Å². The van der Waals surface area contributed by atoms with Crippen molar-refractivity contribution in [2.45, 2.75) is 45.1 Å². The topological polar surface area (TPSA) is 6.48 Å². The lowest BCUT2D eigenvalue weighted by Crippen LogP contribution is -2.46. The quantitative estimate of drug-likeness (QED) is 0.730. The maximum Gasteiger partial charge on any atom is 0.0223 e. The number of likely N-dealkylation sites (N-methyl/N-ethyl adjacent to an activating group) is 2. The van der Waals surface area contributed by atoms with Crippen LogP contribution in [-0.2, 0) is 0 Å². The van der Waals surface area contributed by atoms with Crippen LogP contribution in [0.4, 0.5) is 0 Å². The fraction of sp³-hybridized carbons (Fsp3) is 1.00. The van der Waals surface area contributed by atoms with Crippen LogP contribution in [0.1, 0.15) is 39.0 Å². The zero-order valence-electron chi connectivity index (χ0n) is 11.5. The van der Waals surface area contributed by atoms with Crippen LogP contribution in [0.15, 0.2) is 0 Å². The maximum absolute atomic E-state index is 4.55. The second-order valence-electron chi connectivity index (χ2n) is 6.13. The first-order valence-corrected chi connectivity index (χ1v) is 7.86. The predicted molar refractivity (Wildman–Crippen MR) is 77.9 cm³/mol. The van der Waals surface area contributed by atoms with E-state index in [-0.39, 0.29) is 0 Å². The van der Waals surface area contributed by atoms with Gasteiger partial charge in [-0.25, -0.2) is 0 Å². The molecular weight excluding hydrogens is 228 g/mol. The molecule has 1 heterocycles. The lowest BCUT2D eigenvalue weighted by atomic mass is 9.70. The van der Waals surface area contributed by atoms with Gasteiger partial charge in [-0.15, -0.1) is 0 Å². The van der Waals surface area contributed by atoms with Crippen LogP contribution in [0.25, 0.3) is 0 Å². The van der Waals surface area contributed by atoms with Gasteiger partial charge in [0.25, 0.3) is 0 Å². The molecule has 1 atom stereocenters. The van der Waals surface area contributed by atoms with E-state index in [0.717, 1.165) is 11.8 Å². The van der Waals surface area contributed by atoms with Gasteiger partial charge in [0, 0.05) is 19.1 Å². The van der Waals surface area contributed by atoms with E-state index in [1.807, 2.05) is 0 Å². The van der Waals surface area contributed by atoms with Gasteiger partial charge in [0.05, 0.1) is 0 Å². The first kappa shape index (κ1) is 13.7. The van der Waals surface area contributed by atoms with Crippen LogP contribution < -0.4 is 0 Å². The highest BCUT2D eigenvalue weighted by Crippen LogP contribution is 2.42. The third-order valence-corrected chi connectivity index (χ3v) is 5.45. The molecule has 2 fully saturated rings. The Hall–Kier alpha value is 0.270. The molecule has 1 unspecified atom stereocenters. The van der Waals surface area contributed by atoms with Crippen molar-refractivity contribution in [2.24, 2.45) is 5.41 Å². The maximum atomic E-state index is 4.55. The summed E-state index contributed by atoms with van der Waals surface area (Å²) in [5.74, 6) is 1.07. The standard InChI is InChI=1S/C14H28N2S/c1-3-16-9-4-6-13(16)10-15(2)11-14(12-17)7-5-8-14/h13,17H,3-12H2,1-2H3. The molecule has 0 spiro atoms. The Labute approximate surface area is 112 Å². The molecule has 2 rings (SSSR count). The number of nitrogens with zero attached hydrogens (tertiary/aromatic N) is 2. The molecule has 0 aromatic heterocycles. The summed E-state index contributed by atoms with van der Waals surface area (Å²) in [6.07, 6.45) is 6.99. The molecule has 2 aliphatic rings. The Morgan fingerprint density at radius 1 is 1.35 bits per heavy atom. The molecule has 1 aliphatic heterocycles. The van der Waals surface area contributed by atoms with Crippen molar-refractivity contribution in [1.82, 2.24) is 9.80 Å². The summed E-state index contributed by atoms with van der Waals surface area (Å²) < 4.78 is 0. The highest BCUT2D eigenvalue weighted by molar-refractivity contribution is 7.80. The number of rotatable bonds is 6. The van der Waals surface area contributed by atoms with Crippen LogP contribution >= 0.6 is 12.6 Å². The third kappa shape index (κ3) is 3.18. The number of hydrogen-bond donors (Lipinski definition) is 1. The fourth-order valence-corrected chi connectivity index (χ4v) is 3.97. The Balaban J connectivity index is 1.78. The highest BCUT2D eigenvalue weighted by Gasteiger charge is 2.37. The molecule has 1 saturated carbocycles. The SMILES string of the molecule is CCN1CCCC1CN(C)CC1(CS)CCC1. The first-order chi connectivity index (χ1) is 8.19. The van der Waals surface area contributed by atoms with E-state index < -0.39 is 0 Å². The predicted octanol–water partition coefficient (Wildman–Crippen LogP) is 2.50. The highest BCUT2D eigenvalue weighted by atomic mass is 32.1. The van der Waals surface area contributed by atoms with Gasteiger partial charge in [0.15, 0.2) is 0 Å². The van der Waals surface area contributed by atoms with Crippen molar-refractivity contribution >= 4 is 12.6 Å². The van der Waals surface area contributed by atoms with E-state index in [1.54, 1.807) is 0 Å². The second-order valence-corrected chi connectivity index (χ2v) is 6.45. The molecule has 0 N–H and O–H groups in total. The largest absolute Gasteiger partial charge is 0.304 e. The lowest BCUT2D eigenvalue weighted by Gasteiger charge is -2.44. The molecule has 0 aromatic rings. The van der Waals surface area contributed by atoms with Crippen LogP contribution in [0.5, 0.6) is 0 Å². The van der Waals surface area contributed by atoms with Gasteiger partial charge in [-0.2, -0.15) is 12.6 Å². The summed E-state index contributed by atoms with van der Waals surface area (Å²) >= 11 is 4.55. The van der Waals surface area contributed by atoms with E-state index in [1.165, 1.54) is 58.3 Å². The van der Waals surface area contributed by atoms with Crippen molar-refractivity contribution in [2.75, 3.05) is 39.0 Å². The number of hydrogen-bond acceptors (Lipinski definition) is 3. The molecule has 0 aromatic carbocycles. The Morgan fingerprint density at radius 2 is 2.12 bits per heavy atom. The minimum Gasteiger partial charge on any atom is -0.304 e. The normalized spacial score (nSPS) is 28.6. The van der Waals surface area contributed by atoms with Gasteiger partial charge in [0.1, 0.15) is 0 Å². The summed E-state index contributed by atoms with van der Waals surface area (Å²) in [5.41, 5.74) is 0.549. The van der Waals surface area contributed by atoms with Crippen LogP contribution in [0.2, 0.25) is 0 Å². The molecule has 3 heteroatoms. The Bertz CT molecular complexity index is 235. The molecule has 1 saturated heterocycles. The minimum atomic E-state index is 0.549. The van der Waals surface area contributed by atoms with Crippen LogP contribution in [0.3, 0.4) is 0 Å². The third-order valence-electron chi connectivity index (χ3n) is 4.78. The summed E-state index contributed by atoms with van der Waals surface area (Å²) in [4.78, 5) is 5.21. The fourth-order valence-electron chi connectivity index (χ4n) is 3.56. The molecular formula is C14H28N2S. The van der Waals surface area contributed by atoms with Gasteiger partial charge >= 0.3 is 0 Å². The Morgan fingerprint density at radius 3 is 2.65 bits per heavy atom. The zero-order valence-corrected chi connectivity index (χ0v) is 12.4. The number of thiol groups is 1. The smallest absolute Gasteiger partial charge is 0.0223 e. The van der Waals surface area contributed by atoms with Gasteiger partial charge in [-0.05, 0) is 57.0 Å². The van der Waals surface area contributed by atoms with E-state index in [2.05, 4.69) is 36.4 Å². The molecule has 17 heavy (non-hydrogen) atoms. The summed E-state index contributed by atoms with van der Waals surface area (Å²) in [6.45, 7) is 7.33. The van der Waals surface area contributed by atoms with Gasteiger partial charge in [-0.3, -0.25) is 4.90 Å². The van der Waals surface area contributed by atoms with Crippen molar-refractivity contribution in [3.63, 3.8) is 0 Å². The molecule has 2 nitrogen and oxygen atoms in total. The second kappa shape index (κ2) is 5.94. The van der Waals surface area contributed by atoms with Gasteiger partial charge in [-0.1, -0.05) is 13.3 Å². The van der Waals surface area contributed by atoms with Gasteiger partial charge < -0.3 is 4.90 Å².